The first-order valence-corrected chi connectivity index (χ1v) is 20.2. The van der Waals surface area contributed by atoms with E-state index in [-0.39, 0.29) is 35.0 Å². The van der Waals surface area contributed by atoms with E-state index in [4.69, 9.17) is 27.9 Å². The Hall–Kier alpha value is -5.16. The fraction of sp³-hybridized carbons (Fsp3) is 0.333. The number of nitrogens with one attached hydrogen (secondary N) is 1. The highest BCUT2D eigenvalue weighted by Crippen LogP contribution is 2.65. The van der Waals surface area contributed by atoms with Crippen LogP contribution in [-0.2, 0) is 31.1 Å². The van der Waals surface area contributed by atoms with E-state index in [9.17, 15) is 19.5 Å². The second kappa shape index (κ2) is 14.7. The maximum Gasteiger partial charge on any atom is 0.260 e. The summed E-state index contributed by atoms with van der Waals surface area (Å²) < 4.78 is 5.49. The maximum absolute atomic E-state index is 15.4. The molecular formula is C45H42Cl2N4O6. The van der Waals surface area contributed by atoms with E-state index in [0.717, 1.165) is 30.2 Å². The number of hydrogen-bond donors (Lipinski definition) is 2. The van der Waals surface area contributed by atoms with Crippen LogP contribution in [0.3, 0.4) is 0 Å². The fourth-order valence-corrected chi connectivity index (χ4v) is 10.9. The van der Waals surface area contributed by atoms with Crippen LogP contribution in [-0.4, -0.2) is 69.8 Å². The summed E-state index contributed by atoms with van der Waals surface area (Å²) in [4.78, 5) is 63.5. The number of phenolic OH excluding ortho intramolecular Hbond substituents is 1. The lowest BCUT2D eigenvalue weighted by Gasteiger charge is -2.50. The van der Waals surface area contributed by atoms with E-state index >= 15 is 4.79 Å². The number of carbonyl (C=O) groups excluding carboxylic acids is 4. The van der Waals surface area contributed by atoms with E-state index in [1.807, 2.05) is 24.3 Å². The number of rotatable bonds is 8. The molecule has 4 amide bonds. The van der Waals surface area contributed by atoms with Crippen molar-refractivity contribution in [3.05, 3.63) is 135 Å². The van der Waals surface area contributed by atoms with Crippen LogP contribution in [0.2, 0.25) is 10.0 Å². The van der Waals surface area contributed by atoms with E-state index in [1.165, 1.54) is 16.5 Å². The molecular weight excluding hydrogens is 763 g/mol. The zero-order valence-corrected chi connectivity index (χ0v) is 32.8. The number of halogens is 2. The van der Waals surface area contributed by atoms with Crippen LogP contribution in [0.15, 0.2) is 109 Å². The summed E-state index contributed by atoms with van der Waals surface area (Å²) in [5.41, 5.74) is 4.78. The van der Waals surface area contributed by atoms with Gasteiger partial charge in [-0.05, 0) is 79.1 Å². The quantitative estimate of drug-likeness (QED) is 0.140. The van der Waals surface area contributed by atoms with Crippen LogP contribution in [0.25, 0.3) is 0 Å². The van der Waals surface area contributed by atoms with Gasteiger partial charge in [0.25, 0.3) is 11.8 Å². The van der Waals surface area contributed by atoms with Crippen molar-refractivity contribution in [1.29, 1.82) is 0 Å². The lowest BCUT2D eigenvalue weighted by Crippen LogP contribution is -2.53. The van der Waals surface area contributed by atoms with Gasteiger partial charge in [0.15, 0.2) is 0 Å². The third-order valence-electron chi connectivity index (χ3n) is 13.0. The molecule has 292 valence electrons. The number of ether oxygens (including phenoxy) is 1. The van der Waals surface area contributed by atoms with Crippen molar-refractivity contribution in [2.24, 2.45) is 23.7 Å². The lowest BCUT2D eigenvalue weighted by molar-refractivity contribution is -0.144. The fourth-order valence-electron chi connectivity index (χ4n) is 10.5. The molecule has 1 saturated carbocycles. The number of carbonyl (C=O) groups is 4. The number of nitrogens with zero attached hydrogens (tertiary/aromatic N) is 3. The Bertz CT molecular complexity index is 2290. The predicted octanol–water partition coefficient (Wildman–Crippen LogP) is 7.36. The zero-order chi connectivity index (χ0) is 39.6. The van der Waals surface area contributed by atoms with Crippen LogP contribution in [0.1, 0.15) is 48.3 Å². The van der Waals surface area contributed by atoms with Gasteiger partial charge in [-0.2, -0.15) is 5.01 Å². The van der Waals surface area contributed by atoms with Gasteiger partial charge in [-0.1, -0.05) is 95.5 Å². The van der Waals surface area contributed by atoms with Gasteiger partial charge < -0.3 is 9.84 Å². The van der Waals surface area contributed by atoms with E-state index in [0.29, 0.717) is 46.8 Å². The number of likely N-dealkylation sites (tertiary alicyclic amines) is 2. The molecule has 0 spiro atoms. The minimum absolute atomic E-state index is 0.0390. The number of fused-ring (bicyclic) bond motifs is 4. The number of phenols is 1. The van der Waals surface area contributed by atoms with E-state index < -0.39 is 46.8 Å². The lowest BCUT2D eigenvalue weighted by atomic mass is 9.49. The first kappa shape index (κ1) is 37.4. The molecule has 0 radical (unpaired) electrons. The molecule has 3 aliphatic heterocycles. The number of piperidine rings is 1. The summed E-state index contributed by atoms with van der Waals surface area (Å²) in [6, 6.07) is 28.7. The Labute approximate surface area is 341 Å². The van der Waals surface area contributed by atoms with Crippen LogP contribution in [0.5, 0.6) is 11.5 Å². The third kappa shape index (κ3) is 6.03. The van der Waals surface area contributed by atoms with Crippen LogP contribution in [0.4, 0.5) is 5.69 Å². The minimum Gasteiger partial charge on any atom is -0.508 e. The summed E-state index contributed by atoms with van der Waals surface area (Å²) in [6.45, 7) is 2.33. The van der Waals surface area contributed by atoms with Crippen LogP contribution in [0, 0.1) is 23.7 Å². The number of benzene rings is 4. The molecule has 0 unspecified atom stereocenters. The molecule has 2 N–H and O–H groups in total. The number of aromatic hydroxyl groups is 1. The summed E-state index contributed by atoms with van der Waals surface area (Å²) in [6.07, 6.45) is 3.81. The van der Waals surface area contributed by atoms with Crippen LogP contribution < -0.4 is 10.2 Å². The van der Waals surface area contributed by atoms with Gasteiger partial charge in [-0.25, -0.2) is 0 Å². The zero-order valence-electron chi connectivity index (χ0n) is 31.3. The number of amides is 4. The number of allylic oxidation sites excluding steroid dienone is 2. The number of para-hydroxylation sites is 1. The predicted molar refractivity (Wildman–Crippen MR) is 215 cm³/mol. The van der Waals surface area contributed by atoms with Gasteiger partial charge in [0.05, 0.1) is 41.0 Å². The van der Waals surface area contributed by atoms with Crippen molar-refractivity contribution >= 4 is 52.5 Å². The average Bonchev–Trinajstić information content (AvgIpc) is 3.60. The van der Waals surface area contributed by atoms with Gasteiger partial charge in [0, 0.05) is 42.2 Å². The standard InChI is InChI=1S/C45H42Cl2N4O6/c1-57-30-14-11-27(12-15-30)45-35(42(54)51(44(45)56)48-37-18-13-28(46)23-36(37)47)24-34-31(40(45)32-9-5-6-10-38(32)52)16-17-33-39(34)43(55)50(41(33)53)29-19-21-49(22-20-29)25-26-7-3-2-4-8-26/h2-16,18,23,29,33-35,39-40,48,52H,17,19-22,24-25H2,1H3/t33-,34+,35-,39-,40+,45+/m0/s1. The molecule has 0 bridgehead atoms. The first-order valence-electron chi connectivity index (χ1n) is 19.5. The second-order valence-corrected chi connectivity index (χ2v) is 16.7. The van der Waals surface area contributed by atoms with Crippen molar-refractivity contribution in [2.75, 3.05) is 25.6 Å². The smallest absolute Gasteiger partial charge is 0.260 e. The molecule has 2 aliphatic carbocycles. The average molecular weight is 806 g/mol. The molecule has 4 aromatic carbocycles. The number of anilines is 1. The van der Waals surface area contributed by atoms with Gasteiger partial charge in [0.2, 0.25) is 11.8 Å². The molecule has 10 nitrogen and oxygen atoms in total. The minimum atomic E-state index is -1.56. The van der Waals surface area contributed by atoms with Crippen molar-refractivity contribution in [1.82, 2.24) is 14.8 Å². The van der Waals surface area contributed by atoms with Crippen LogP contribution >= 0.6 is 23.2 Å². The highest BCUT2D eigenvalue weighted by atomic mass is 35.5. The van der Waals surface area contributed by atoms with E-state index in [1.54, 1.807) is 67.8 Å². The normalized spacial score (nSPS) is 27.6. The molecule has 3 heterocycles. The SMILES string of the molecule is COc1ccc([C@@]23C(=O)N(Nc4ccc(Cl)cc4Cl)C(=O)[C@@H]2C[C@@H]2C(=CC[C@@H]4C(=O)N(C5CCN(Cc6ccccc6)CC5)C(=O)[C@@H]42)[C@@H]3c2ccccc2O)cc1. The van der Waals surface area contributed by atoms with Gasteiger partial charge >= 0.3 is 0 Å². The molecule has 5 aliphatic rings. The molecule has 4 aromatic rings. The van der Waals surface area contributed by atoms with E-state index in [2.05, 4.69) is 22.5 Å². The monoisotopic (exact) mass is 804 g/mol. The molecule has 9 rings (SSSR count). The molecule has 57 heavy (non-hydrogen) atoms. The number of hydrogen-bond acceptors (Lipinski definition) is 8. The molecule has 12 heteroatoms. The maximum atomic E-state index is 15.4. The molecule has 6 atom stereocenters. The van der Waals surface area contributed by atoms with Gasteiger partial charge in [-0.3, -0.25) is 34.4 Å². The number of methoxy groups -OCH3 is 1. The summed E-state index contributed by atoms with van der Waals surface area (Å²) >= 11 is 12.8. The number of hydrazine groups is 1. The third-order valence-corrected chi connectivity index (χ3v) is 13.6. The molecule has 3 saturated heterocycles. The number of imide groups is 2. The summed E-state index contributed by atoms with van der Waals surface area (Å²) in [5.74, 6) is -4.55. The Morgan fingerprint density at radius 1 is 0.842 bits per heavy atom. The first-order chi connectivity index (χ1) is 27.6. The highest BCUT2D eigenvalue weighted by molar-refractivity contribution is 6.36. The highest BCUT2D eigenvalue weighted by Gasteiger charge is 2.71. The topological polar surface area (TPSA) is 119 Å². The second-order valence-electron chi connectivity index (χ2n) is 15.8. The molecule has 4 fully saturated rings. The largest absolute Gasteiger partial charge is 0.508 e. The Morgan fingerprint density at radius 2 is 1.56 bits per heavy atom. The van der Waals surface area contributed by atoms with Crippen molar-refractivity contribution < 1.29 is 29.0 Å². The van der Waals surface area contributed by atoms with Crippen molar-refractivity contribution in [2.45, 2.75) is 49.6 Å². The Kier molecular flexibility index (Phi) is 9.62. The van der Waals surface area contributed by atoms with Gasteiger partial charge in [0.1, 0.15) is 11.5 Å². The summed E-state index contributed by atoms with van der Waals surface area (Å²) in [5, 5.41) is 13.2. The Morgan fingerprint density at radius 3 is 2.26 bits per heavy atom. The van der Waals surface area contributed by atoms with Crippen molar-refractivity contribution in [3.63, 3.8) is 0 Å². The van der Waals surface area contributed by atoms with Crippen molar-refractivity contribution in [3.8, 4) is 11.5 Å². The molecule has 0 aromatic heterocycles. The summed E-state index contributed by atoms with van der Waals surface area (Å²) in [7, 11) is 1.55. The Balaban J connectivity index is 1.11. The van der Waals surface area contributed by atoms with Gasteiger partial charge in [-0.15, -0.1) is 0 Å².